The fourth-order valence-corrected chi connectivity index (χ4v) is 3.58. The molecule has 1 aliphatic carbocycles. The van der Waals surface area contributed by atoms with Gasteiger partial charge in [-0.3, -0.25) is 15.6 Å². The number of aromatic nitrogens is 2. The van der Waals surface area contributed by atoms with Crippen LogP contribution in [0.5, 0.6) is 0 Å². The number of aryl methyl sites for hydroxylation is 1. The van der Waals surface area contributed by atoms with Crippen molar-refractivity contribution in [3.63, 3.8) is 0 Å². The van der Waals surface area contributed by atoms with Crippen molar-refractivity contribution >= 4 is 23.6 Å². The van der Waals surface area contributed by atoms with Crippen LogP contribution in [0.15, 0.2) is 0 Å². The van der Waals surface area contributed by atoms with Gasteiger partial charge in [0.2, 0.25) is 11.7 Å². The largest absolute Gasteiger partial charge is 0.465 e. The van der Waals surface area contributed by atoms with Crippen molar-refractivity contribution in [2.45, 2.75) is 39.0 Å². The second-order valence-electron chi connectivity index (χ2n) is 7.55. The summed E-state index contributed by atoms with van der Waals surface area (Å²) in [4.78, 5) is 33.3. The predicted octanol–water partition coefficient (Wildman–Crippen LogP) is 1.91. The summed E-state index contributed by atoms with van der Waals surface area (Å²) in [6.07, 6.45) is 3.68. The molecule has 0 spiro atoms. The van der Waals surface area contributed by atoms with Crippen LogP contribution in [0.4, 0.5) is 20.8 Å². The van der Waals surface area contributed by atoms with Gasteiger partial charge in [-0.25, -0.2) is 14.8 Å². The molecule has 1 fully saturated rings. The standard InChI is InChI=1S/C19H31FN6O4/c1-12-22-16(15(20)17(23-12)26(2)8-9-30-3)24-25-18(27)14(11-21-19(28)29)10-13-6-4-5-7-13/h13-14,21H,4-11H2,1-3H3,(H,25,27)(H,28,29)(H,22,23,24)/t14-/m1/s1. The number of nitrogens with one attached hydrogen (secondary N) is 3. The Morgan fingerprint density at radius 2 is 2.03 bits per heavy atom. The van der Waals surface area contributed by atoms with E-state index >= 15 is 0 Å². The molecule has 1 aromatic heterocycles. The molecule has 1 aromatic rings. The third-order valence-corrected chi connectivity index (χ3v) is 5.21. The van der Waals surface area contributed by atoms with E-state index in [0.29, 0.717) is 31.3 Å². The lowest BCUT2D eigenvalue weighted by atomic mass is 9.92. The smallest absolute Gasteiger partial charge is 0.404 e. The van der Waals surface area contributed by atoms with E-state index < -0.39 is 23.7 Å². The summed E-state index contributed by atoms with van der Waals surface area (Å²) in [5.74, 6) is -1.02. The Hall–Kier alpha value is -2.69. The maximum absolute atomic E-state index is 14.9. The van der Waals surface area contributed by atoms with Gasteiger partial charge in [-0.15, -0.1) is 0 Å². The fourth-order valence-electron chi connectivity index (χ4n) is 3.58. The van der Waals surface area contributed by atoms with Gasteiger partial charge in [0.25, 0.3) is 0 Å². The van der Waals surface area contributed by atoms with Crippen LogP contribution in [0, 0.1) is 24.6 Å². The number of hydrogen-bond donors (Lipinski definition) is 4. The number of hydrogen-bond acceptors (Lipinski definition) is 7. The Morgan fingerprint density at radius 1 is 1.33 bits per heavy atom. The zero-order valence-electron chi connectivity index (χ0n) is 17.7. The molecular formula is C19H31FN6O4. The van der Waals surface area contributed by atoms with Crippen molar-refractivity contribution in [2.24, 2.45) is 11.8 Å². The normalized spacial score (nSPS) is 14.9. The Bertz CT molecular complexity index is 729. The van der Waals surface area contributed by atoms with Gasteiger partial charge in [-0.05, 0) is 19.3 Å². The van der Waals surface area contributed by atoms with E-state index in [-0.39, 0.29) is 18.2 Å². The van der Waals surface area contributed by atoms with Crippen LogP contribution in [0.25, 0.3) is 0 Å². The maximum Gasteiger partial charge on any atom is 0.404 e. The number of amides is 2. The van der Waals surface area contributed by atoms with Crippen molar-refractivity contribution in [1.82, 2.24) is 20.7 Å². The van der Waals surface area contributed by atoms with Crippen LogP contribution in [0.2, 0.25) is 0 Å². The van der Waals surface area contributed by atoms with E-state index in [0.717, 1.165) is 25.7 Å². The number of methoxy groups -OCH3 is 1. The molecule has 2 rings (SSSR count). The lowest BCUT2D eigenvalue weighted by Gasteiger charge is -2.22. The molecule has 4 N–H and O–H groups in total. The molecular weight excluding hydrogens is 395 g/mol. The van der Waals surface area contributed by atoms with Crippen molar-refractivity contribution < 1.29 is 23.8 Å². The van der Waals surface area contributed by atoms with Crippen LogP contribution in [0.3, 0.4) is 0 Å². The van der Waals surface area contributed by atoms with Gasteiger partial charge in [0, 0.05) is 27.2 Å². The van der Waals surface area contributed by atoms with E-state index in [9.17, 15) is 14.0 Å². The first kappa shape index (κ1) is 23.6. The second-order valence-corrected chi connectivity index (χ2v) is 7.55. The molecule has 0 unspecified atom stereocenters. The Balaban J connectivity index is 2.05. The first-order chi connectivity index (χ1) is 14.3. The lowest BCUT2D eigenvalue weighted by Crippen LogP contribution is -2.42. The van der Waals surface area contributed by atoms with E-state index in [2.05, 4.69) is 26.1 Å². The highest BCUT2D eigenvalue weighted by atomic mass is 19.1. The predicted molar refractivity (Wildman–Crippen MR) is 110 cm³/mol. The molecule has 1 heterocycles. The number of carboxylic acid groups (broad SMARTS) is 1. The SMILES string of the molecule is COCCN(C)c1nc(C)nc(NNC(=O)[C@@H](CNC(=O)O)CC2CCCC2)c1F. The minimum Gasteiger partial charge on any atom is -0.465 e. The molecule has 0 bridgehead atoms. The highest BCUT2D eigenvalue weighted by Gasteiger charge is 2.26. The summed E-state index contributed by atoms with van der Waals surface area (Å²) in [6.45, 7) is 2.45. The van der Waals surface area contributed by atoms with E-state index in [1.165, 1.54) is 0 Å². The van der Waals surface area contributed by atoms with Gasteiger partial charge in [-0.1, -0.05) is 25.7 Å². The number of carbonyl (C=O) groups is 2. The molecule has 1 atom stereocenters. The third-order valence-electron chi connectivity index (χ3n) is 5.21. The zero-order valence-corrected chi connectivity index (χ0v) is 17.7. The third kappa shape index (κ3) is 6.97. The average molecular weight is 426 g/mol. The number of likely N-dealkylation sites (N-methyl/N-ethyl adjacent to an activating group) is 1. The molecule has 0 aliphatic heterocycles. The minimum absolute atomic E-state index is 0.00433. The number of nitrogens with zero attached hydrogens (tertiary/aromatic N) is 3. The highest BCUT2D eigenvalue weighted by molar-refractivity contribution is 5.80. The van der Waals surface area contributed by atoms with Gasteiger partial charge in [0.05, 0.1) is 12.5 Å². The van der Waals surface area contributed by atoms with Gasteiger partial charge >= 0.3 is 6.09 Å². The molecule has 0 aromatic carbocycles. The molecule has 30 heavy (non-hydrogen) atoms. The van der Waals surface area contributed by atoms with Gasteiger partial charge in [0.1, 0.15) is 5.82 Å². The lowest BCUT2D eigenvalue weighted by molar-refractivity contribution is -0.124. The molecule has 1 aliphatic rings. The van der Waals surface area contributed by atoms with Crippen LogP contribution in [-0.4, -0.2) is 60.9 Å². The number of ether oxygens (including phenoxy) is 1. The Labute approximate surface area is 175 Å². The molecule has 0 radical (unpaired) electrons. The number of halogens is 1. The summed E-state index contributed by atoms with van der Waals surface area (Å²) in [6, 6.07) is 0. The maximum atomic E-state index is 14.9. The summed E-state index contributed by atoms with van der Waals surface area (Å²) in [7, 11) is 3.24. The van der Waals surface area contributed by atoms with Gasteiger partial charge in [-0.2, -0.15) is 4.39 Å². The molecule has 11 heteroatoms. The Morgan fingerprint density at radius 3 is 2.67 bits per heavy atom. The van der Waals surface area contributed by atoms with Crippen LogP contribution < -0.4 is 21.1 Å². The summed E-state index contributed by atoms with van der Waals surface area (Å²) in [5.41, 5.74) is 5.02. The van der Waals surface area contributed by atoms with Crippen molar-refractivity contribution in [2.75, 3.05) is 44.2 Å². The topological polar surface area (TPSA) is 129 Å². The summed E-state index contributed by atoms with van der Waals surface area (Å²) < 4.78 is 19.9. The first-order valence-electron chi connectivity index (χ1n) is 10.1. The van der Waals surface area contributed by atoms with Crippen molar-refractivity contribution in [3.8, 4) is 0 Å². The number of carbonyl (C=O) groups excluding carboxylic acids is 1. The summed E-state index contributed by atoms with van der Waals surface area (Å²) >= 11 is 0. The second kappa shape index (κ2) is 11.5. The monoisotopic (exact) mass is 426 g/mol. The van der Waals surface area contributed by atoms with Crippen molar-refractivity contribution in [3.05, 3.63) is 11.6 Å². The van der Waals surface area contributed by atoms with Crippen LogP contribution >= 0.6 is 0 Å². The van der Waals surface area contributed by atoms with Crippen molar-refractivity contribution in [1.29, 1.82) is 0 Å². The number of rotatable bonds is 11. The average Bonchev–Trinajstić information content (AvgIpc) is 3.22. The molecule has 0 saturated heterocycles. The quantitative estimate of drug-likeness (QED) is 0.395. The molecule has 168 valence electrons. The Kier molecular flexibility index (Phi) is 9.03. The minimum atomic E-state index is -1.19. The van der Waals surface area contributed by atoms with Gasteiger partial charge < -0.3 is 20.1 Å². The first-order valence-corrected chi connectivity index (χ1v) is 10.1. The molecule has 2 amide bonds. The molecule has 1 saturated carbocycles. The zero-order chi connectivity index (χ0) is 22.1. The highest BCUT2D eigenvalue weighted by Crippen LogP contribution is 2.30. The number of anilines is 2. The molecule has 10 nitrogen and oxygen atoms in total. The van der Waals surface area contributed by atoms with E-state index in [1.807, 2.05) is 0 Å². The number of hydrazine groups is 1. The summed E-state index contributed by atoms with van der Waals surface area (Å²) in [5, 5.41) is 11.2. The van der Waals surface area contributed by atoms with Crippen LogP contribution in [0.1, 0.15) is 37.9 Å². The van der Waals surface area contributed by atoms with E-state index in [4.69, 9.17) is 9.84 Å². The van der Waals surface area contributed by atoms with E-state index in [1.54, 1.807) is 26.0 Å². The van der Waals surface area contributed by atoms with Crippen LogP contribution in [-0.2, 0) is 9.53 Å². The van der Waals surface area contributed by atoms with Gasteiger partial charge in [0.15, 0.2) is 11.6 Å². The fraction of sp³-hybridized carbons (Fsp3) is 0.684.